The Bertz CT molecular complexity index is 970. The number of fused-ring (bicyclic) bond motifs is 1. The van der Waals surface area contributed by atoms with Crippen LogP contribution in [0.5, 0.6) is 0 Å². The minimum atomic E-state index is -0.640. The molecule has 4 rings (SSSR count). The fourth-order valence-corrected chi connectivity index (χ4v) is 5.32. The molecule has 31 heavy (non-hydrogen) atoms. The summed E-state index contributed by atoms with van der Waals surface area (Å²) in [5.74, 6) is 0.801. The van der Waals surface area contributed by atoms with Gasteiger partial charge in [-0.1, -0.05) is 18.2 Å². The summed E-state index contributed by atoms with van der Waals surface area (Å²) in [6, 6.07) is 14.3. The second-order valence-electron chi connectivity index (χ2n) is 8.09. The average Bonchev–Trinajstić information content (AvgIpc) is 3.44. The van der Waals surface area contributed by atoms with Crippen molar-refractivity contribution in [1.82, 2.24) is 5.32 Å². The average molecular weight is 438 g/mol. The molecule has 2 aliphatic rings. The van der Waals surface area contributed by atoms with Crippen molar-refractivity contribution in [2.24, 2.45) is 0 Å². The van der Waals surface area contributed by atoms with E-state index < -0.39 is 6.04 Å². The Balaban J connectivity index is 1.49. The van der Waals surface area contributed by atoms with Crippen LogP contribution >= 0.6 is 11.8 Å². The molecule has 3 atom stereocenters. The van der Waals surface area contributed by atoms with Gasteiger partial charge in [-0.2, -0.15) is 0 Å². The molecule has 2 amide bonds. The summed E-state index contributed by atoms with van der Waals surface area (Å²) < 4.78 is 0. The highest BCUT2D eigenvalue weighted by Crippen LogP contribution is 2.34. The van der Waals surface area contributed by atoms with E-state index in [0.717, 1.165) is 30.8 Å². The third-order valence-electron chi connectivity index (χ3n) is 5.87. The van der Waals surface area contributed by atoms with Crippen molar-refractivity contribution >= 4 is 40.7 Å². The molecule has 3 N–H and O–H groups in total. The van der Waals surface area contributed by atoms with Crippen LogP contribution in [-0.2, 0) is 9.59 Å². The second-order valence-corrected chi connectivity index (χ2v) is 9.40. The molecule has 162 valence electrons. The lowest BCUT2D eigenvalue weighted by atomic mass is 9.93. The summed E-state index contributed by atoms with van der Waals surface area (Å²) in [5.41, 5.74) is 3.46. The van der Waals surface area contributed by atoms with Crippen molar-refractivity contribution in [3.63, 3.8) is 0 Å². The number of carbonyl (C=O) groups is 3. The number of para-hydroxylation sites is 1. The van der Waals surface area contributed by atoms with Crippen LogP contribution in [0.1, 0.15) is 48.0 Å². The second kappa shape index (κ2) is 9.56. The molecule has 1 fully saturated rings. The number of amides is 2. The summed E-state index contributed by atoms with van der Waals surface area (Å²) in [6.07, 6.45) is 2.40. The lowest BCUT2D eigenvalue weighted by molar-refractivity contribution is -0.126. The first-order chi connectivity index (χ1) is 15.0. The van der Waals surface area contributed by atoms with Crippen LogP contribution < -0.4 is 16.0 Å². The molecule has 0 bridgehead atoms. The Morgan fingerprint density at radius 3 is 2.61 bits per heavy atom. The largest absolute Gasteiger partial charge is 0.384 e. The first-order valence-electron chi connectivity index (χ1n) is 10.7. The van der Waals surface area contributed by atoms with Gasteiger partial charge < -0.3 is 16.0 Å². The van der Waals surface area contributed by atoms with Gasteiger partial charge in [-0.25, -0.2) is 0 Å². The molecule has 0 aromatic heterocycles. The minimum Gasteiger partial charge on any atom is -0.384 e. The maximum Gasteiger partial charge on any atom is 0.246 e. The van der Waals surface area contributed by atoms with E-state index in [-0.39, 0.29) is 28.8 Å². The van der Waals surface area contributed by atoms with Crippen LogP contribution in [0.25, 0.3) is 0 Å². The van der Waals surface area contributed by atoms with Gasteiger partial charge in [0, 0.05) is 29.4 Å². The topological polar surface area (TPSA) is 87.3 Å². The minimum absolute atomic E-state index is 0.0236. The fourth-order valence-electron chi connectivity index (χ4n) is 4.15. The number of benzene rings is 2. The van der Waals surface area contributed by atoms with E-state index >= 15 is 0 Å². The van der Waals surface area contributed by atoms with Crippen LogP contribution in [0.3, 0.4) is 0 Å². The number of carbonyl (C=O) groups excluding carboxylic acids is 3. The molecule has 2 aromatic carbocycles. The van der Waals surface area contributed by atoms with Gasteiger partial charge in [0.05, 0.1) is 5.25 Å². The molecular weight excluding hydrogens is 410 g/mol. The van der Waals surface area contributed by atoms with Gasteiger partial charge in [0.2, 0.25) is 11.8 Å². The predicted octanol–water partition coefficient (Wildman–Crippen LogP) is 3.81. The maximum atomic E-state index is 13.2. The monoisotopic (exact) mass is 437 g/mol. The van der Waals surface area contributed by atoms with E-state index in [0.29, 0.717) is 17.7 Å². The molecule has 2 heterocycles. The van der Waals surface area contributed by atoms with Crippen molar-refractivity contribution in [3.8, 4) is 0 Å². The van der Waals surface area contributed by atoms with Crippen molar-refractivity contribution < 1.29 is 14.4 Å². The Labute approximate surface area is 186 Å². The summed E-state index contributed by atoms with van der Waals surface area (Å²) in [6.45, 7) is 2.25. The standard InChI is InChI=1S/C24H27N3O3S/c1-15(28)16-8-10-18(11-9-16)26-23(29)21(27-24(30)22-7-4-12-31-22)13-17-14-25-20-6-3-2-5-19(17)20/h2-3,5-6,8-11,17,21-22,25H,4,7,12-14H2,1H3,(H,26,29)(H,27,30). The maximum absolute atomic E-state index is 13.2. The van der Waals surface area contributed by atoms with E-state index in [4.69, 9.17) is 0 Å². The molecule has 0 aliphatic carbocycles. The van der Waals surface area contributed by atoms with Crippen molar-refractivity contribution in [2.75, 3.05) is 22.9 Å². The number of anilines is 2. The normalized spacial score (nSPS) is 20.4. The zero-order valence-corrected chi connectivity index (χ0v) is 18.3. The lowest BCUT2D eigenvalue weighted by Gasteiger charge is -2.23. The molecule has 1 saturated heterocycles. The molecule has 7 heteroatoms. The Kier molecular flexibility index (Phi) is 6.61. The predicted molar refractivity (Wildman–Crippen MR) is 125 cm³/mol. The van der Waals surface area contributed by atoms with Gasteiger partial charge in [-0.3, -0.25) is 14.4 Å². The highest BCUT2D eigenvalue weighted by molar-refractivity contribution is 8.00. The summed E-state index contributed by atoms with van der Waals surface area (Å²) in [5, 5.41) is 9.23. The van der Waals surface area contributed by atoms with Gasteiger partial charge in [-0.15, -0.1) is 11.8 Å². The summed E-state index contributed by atoms with van der Waals surface area (Å²) >= 11 is 1.66. The van der Waals surface area contributed by atoms with Crippen LogP contribution in [0.15, 0.2) is 48.5 Å². The highest BCUT2D eigenvalue weighted by Gasteiger charge is 2.32. The number of nitrogens with one attached hydrogen (secondary N) is 3. The first kappa shape index (κ1) is 21.4. The van der Waals surface area contributed by atoms with Crippen molar-refractivity contribution in [2.45, 2.75) is 43.4 Å². The van der Waals surface area contributed by atoms with Crippen LogP contribution in [0.4, 0.5) is 11.4 Å². The van der Waals surface area contributed by atoms with Crippen molar-refractivity contribution in [3.05, 3.63) is 59.7 Å². The SMILES string of the molecule is CC(=O)c1ccc(NC(=O)C(CC2CNc3ccccc32)NC(=O)C2CCCS2)cc1. The molecule has 0 radical (unpaired) electrons. The smallest absolute Gasteiger partial charge is 0.246 e. The van der Waals surface area contributed by atoms with Crippen LogP contribution in [-0.4, -0.2) is 41.2 Å². The van der Waals surface area contributed by atoms with Gasteiger partial charge >= 0.3 is 0 Å². The van der Waals surface area contributed by atoms with Gasteiger partial charge in [-0.05, 0) is 67.8 Å². The third kappa shape index (κ3) is 5.10. The Hall–Kier alpha value is -2.80. The van der Waals surface area contributed by atoms with E-state index in [1.165, 1.54) is 12.5 Å². The quantitative estimate of drug-likeness (QED) is 0.574. The third-order valence-corrected chi connectivity index (χ3v) is 7.25. The Morgan fingerprint density at radius 1 is 1.13 bits per heavy atom. The molecule has 2 aromatic rings. The number of thioether (sulfide) groups is 1. The van der Waals surface area contributed by atoms with Crippen molar-refractivity contribution in [1.29, 1.82) is 0 Å². The molecule has 3 unspecified atom stereocenters. The fraction of sp³-hybridized carbons (Fsp3) is 0.375. The van der Waals surface area contributed by atoms with Gasteiger partial charge in [0.1, 0.15) is 6.04 Å². The zero-order valence-electron chi connectivity index (χ0n) is 17.5. The molecule has 2 aliphatic heterocycles. The summed E-state index contributed by atoms with van der Waals surface area (Å²) in [7, 11) is 0. The molecule has 6 nitrogen and oxygen atoms in total. The van der Waals surface area contributed by atoms with E-state index in [1.807, 2.05) is 18.2 Å². The first-order valence-corrected chi connectivity index (χ1v) is 11.7. The van der Waals surface area contributed by atoms with E-state index in [1.54, 1.807) is 36.0 Å². The molecule has 0 saturated carbocycles. The number of rotatable bonds is 7. The Morgan fingerprint density at radius 2 is 1.90 bits per heavy atom. The van der Waals surface area contributed by atoms with E-state index in [9.17, 15) is 14.4 Å². The van der Waals surface area contributed by atoms with Gasteiger partial charge in [0.15, 0.2) is 5.78 Å². The number of Topliss-reactive ketones (excluding diaryl/α,β-unsaturated/α-hetero) is 1. The zero-order chi connectivity index (χ0) is 21.8. The number of hydrogen-bond donors (Lipinski definition) is 3. The van der Waals surface area contributed by atoms with Gasteiger partial charge in [0.25, 0.3) is 0 Å². The highest BCUT2D eigenvalue weighted by atomic mass is 32.2. The lowest BCUT2D eigenvalue weighted by Crippen LogP contribution is -2.47. The van der Waals surface area contributed by atoms with E-state index in [2.05, 4.69) is 22.0 Å². The van der Waals surface area contributed by atoms with Crippen LogP contribution in [0, 0.1) is 0 Å². The number of ketones is 1. The molecule has 0 spiro atoms. The number of hydrogen-bond acceptors (Lipinski definition) is 5. The van der Waals surface area contributed by atoms with Crippen LogP contribution in [0.2, 0.25) is 0 Å². The summed E-state index contributed by atoms with van der Waals surface area (Å²) in [4.78, 5) is 37.4. The molecular formula is C24H27N3O3S.